The van der Waals surface area contributed by atoms with Gasteiger partial charge < -0.3 is 15.0 Å². The normalized spacial score (nSPS) is 12.3. The number of hydrogen-bond donors (Lipinski definition) is 1. The molecule has 0 aromatic carbocycles. The lowest BCUT2D eigenvalue weighted by Gasteiger charge is -2.09. The van der Waals surface area contributed by atoms with Crippen LogP contribution in [0.2, 0.25) is 0 Å². The number of aromatic nitrogens is 3. The van der Waals surface area contributed by atoms with E-state index < -0.39 is 0 Å². The fourth-order valence-electron chi connectivity index (χ4n) is 1.93. The van der Waals surface area contributed by atoms with E-state index in [1.165, 1.54) is 0 Å². The standard InChI is InChI=1S/C15H22N4O/c1-3-12(16)10-13-4-5-14(11-18-13)20-9-6-15-17-7-8-19(15)2/h4-5,7-8,11-12H,3,6,9-10,16H2,1-2H3. The first-order valence-corrected chi connectivity index (χ1v) is 6.98. The lowest BCUT2D eigenvalue weighted by Crippen LogP contribution is -2.21. The van der Waals surface area contributed by atoms with Gasteiger partial charge in [-0.3, -0.25) is 4.98 Å². The Morgan fingerprint density at radius 1 is 1.35 bits per heavy atom. The molecular weight excluding hydrogens is 252 g/mol. The fourth-order valence-corrected chi connectivity index (χ4v) is 1.93. The zero-order valence-electron chi connectivity index (χ0n) is 12.1. The molecule has 0 aliphatic rings. The van der Waals surface area contributed by atoms with Crippen molar-refractivity contribution in [2.45, 2.75) is 32.2 Å². The van der Waals surface area contributed by atoms with E-state index in [0.717, 1.165) is 36.5 Å². The van der Waals surface area contributed by atoms with Crippen molar-refractivity contribution in [3.8, 4) is 5.75 Å². The van der Waals surface area contributed by atoms with E-state index >= 15 is 0 Å². The zero-order valence-corrected chi connectivity index (χ0v) is 12.1. The minimum absolute atomic E-state index is 0.178. The molecular formula is C15H22N4O. The van der Waals surface area contributed by atoms with Gasteiger partial charge in [0.1, 0.15) is 11.6 Å². The number of hydrogen-bond acceptors (Lipinski definition) is 4. The van der Waals surface area contributed by atoms with Crippen molar-refractivity contribution in [3.05, 3.63) is 42.2 Å². The zero-order chi connectivity index (χ0) is 14.4. The van der Waals surface area contributed by atoms with Gasteiger partial charge in [-0.1, -0.05) is 6.92 Å². The molecule has 0 radical (unpaired) electrons. The summed E-state index contributed by atoms with van der Waals surface area (Å²) in [5.74, 6) is 1.80. The molecule has 108 valence electrons. The predicted molar refractivity (Wildman–Crippen MR) is 78.6 cm³/mol. The second-order valence-corrected chi connectivity index (χ2v) is 4.91. The van der Waals surface area contributed by atoms with Crippen LogP contribution in [0.3, 0.4) is 0 Å². The van der Waals surface area contributed by atoms with Gasteiger partial charge in [0, 0.05) is 44.0 Å². The molecule has 0 fully saturated rings. The Bertz CT molecular complexity index is 521. The van der Waals surface area contributed by atoms with Crippen LogP contribution < -0.4 is 10.5 Å². The maximum absolute atomic E-state index is 5.91. The quantitative estimate of drug-likeness (QED) is 0.835. The van der Waals surface area contributed by atoms with Gasteiger partial charge in [0.25, 0.3) is 0 Å². The Morgan fingerprint density at radius 2 is 2.20 bits per heavy atom. The molecule has 0 amide bonds. The van der Waals surface area contributed by atoms with Gasteiger partial charge in [0.2, 0.25) is 0 Å². The van der Waals surface area contributed by atoms with Crippen molar-refractivity contribution in [2.24, 2.45) is 12.8 Å². The third-order valence-corrected chi connectivity index (χ3v) is 3.31. The van der Waals surface area contributed by atoms with Gasteiger partial charge in [-0.05, 0) is 18.6 Å². The number of rotatable bonds is 7. The highest BCUT2D eigenvalue weighted by Crippen LogP contribution is 2.11. The van der Waals surface area contributed by atoms with Gasteiger partial charge >= 0.3 is 0 Å². The average Bonchev–Trinajstić information content (AvgIpc) is 2.86. The molecule has 0 spiro atoms. The average molecular weight is 274 g/mol. The first-order chi connectivity index (χ1) is 9.69. The van der Waals surface area contributed by atoms with Gasteiger partial charge in [0.15, 0.2) is 0 Å². The molecule has 1 unspecified atom stereocenters. The van der Waals surface area contributed by atoms with Gasteiger partial charge in [-0.2, -0.15) is 0 Å². The van der Waals surface area contributed by atoms with Crippen LogP contribution in [-0.2, 0) is 19.9 Å². The van der Waals surface area contributed by atoms with Crippen LogP contribution in [0.1, 0.15) is 24.9 Å². The third kappa shape index (κ3) is 4.06. The van der Waals surface area contributed by atoms with Crippen LogP contribution in [0, 0.1) is 0 Å². The number of nitrogens with zero attached hydrogens (tertiary/aromatic N) is 3. The van der Waals surface area contributed by atoms with Crippen LogP contribution >= 0.6 is 0 Å². The van der Waals surface area contributed by atoms with Crippen LogP contribution in [0.15, 0.2) is 30.7 Å². The van der Waals surface area contributed by atoms with E-state index in [1.807, 2.05) is 29.9 Å². The summed E-state index contributed by atoms with van der Waals surface area (Å²) in [7, 11) is 1.98. The number of ether oxygens (including phenoxy) is 1. The summed E-state index contributed by atoms with van der Waals surface area (Å²) in [5.41, 5.74) is 6.92. The van der Waals surface area contributed by atoms with E-state index in [-0.39, 0.29) is 6.04 Å². The molecule has 2 aromatic heterocycles. The summed E-state index contributed by atoms with van der Waals surface area (Å²) < 4.78 is 7.67. The van der Waals surface area contributed by atoms with Crippen LogP contribution in [0.4, 0.5) is 0 Å². The van der Waals surface area contributed by atoms with Gasteiger partial charge in [-0.15, -0.1) is 0 Å². The molecule has 20 heavy (non-hydrogen) atoms. The van der Waals surface area contributed by atoms with Gasteiger partial charge in [0.05, 0.1) is 12.8 Å². The molecule has 0 aliphatic heterocycles. The molecule has 2 N–H and O–H groups in total. The van der Waals surface area contributed by atoms with E-state index in [4.69, 9.17) is 10.5 Å². The SMILES string of the molecule is CCC(N)Cc1ccc(OCCc2nccn2C)cn1. The summed E-state index contributed by atoms with van der Waals surface area (Å²) in [5, 5.41) is 0. The van der Waals surface area contributed by atoms with E-state index in [0.29, 0.717) is 6.61 Å². The largest absolute Gasteiger partial charge is 0.492 e. The molecule has 0 aliphatic carbocycles. The molecule has 0 saturated carbocycles. The second-order valence-electron chi connectivity index (χ2n) is 4.91. The molecule has 5 heteroatoms. The van der Waals surface area contributed by atoms with Gasteiger partial charge in [-0.25, -0.2) is 4.98 Å². The second kappa shape index (κ2) is 7.05. The fraction of sp³-hybridized carbons (Fsp3) is 0.467. The molecule has 2 aromatic rings. The smallest absolute Gasteiger partial charge is 0.137 e. The first kappa shape index (κ1) is 14.5. The van der Waals surface area contributed by atoms with Crippen molar-refractivity contribution >= 4 is 0 Å². The van der Waals surface area contributed by atoms with Crippen molar-refractivity contribution in [2.75, 3.05) is 6.61 Å². The van der Waals surface area contributed by atoms with Crippen molar-refractivity contribution < 1.29 is 4.74 Å². The maximum Gasteiger partial charge on any atom is 0.137 e. The number of pyridine rings is 1. The number of nitrogens with two attached hydrogens (primary N) is 1. The highest BCUT2D eigenvalue weighted by atomic mass is 16.5. The van der Waals surface area contributed by atoms with Crippen molar-refractivity contribution in [3.63, 3.8) is 0 Å². The summed E-state index contributed by atoms with van der Waals surface area (Å²) in [4.78, 5) is 8.63. The lowest BCUT2D eigenvalue weighted by atomic mass is 10.1. The topological polar surface area (TPSA) is 66.0 Å². The number of aryl methyl sites for hydroxylation is 1. The lowest BCUT2D eigenvalue weighted by molar-refractivity contribution is 0.316. The summed E-state index contributed by atoms with van der Waals surface area (Å²) in [6.45, 7) is 2.68. The van der Waals surface area contributed by atoms with Crippen LogP contribution in [-0.4, -0.2) is 27.2 Å². The summed E-state index contributed by atoms with van der Waals surface area (Å²) in [6.07, 6.45) is 8.04. The molecule has 2 rings (SSSR count). The Kier molecular flexibility index (Phi) is 5.12. The van der Waals surface area contributed by atoms with Crippen molar-refractivity contribution in [1.82, 2.24) is 14.5 Å². The maximum atomic E-state index is 5.91. The van der Waals surface area contributed by atoms with Crippen LogP contribution in [0.25, 0.3) is 0 Å². The monoisotopic (exact) mass is 274 g/mol. The highest BCUT2D eigenvalue weighted by molar-refractivity contribution is 5.20. The molecule has 0 bridgehead atoms. The molecule has 0 saturated heterocycles. The van der Waals surface area contributed by atoms with E-state index in [1.54, 1.807) is 12.4 Å². The third-order valence-electron chi connectivity index (χ3n) is 3.31. The van der Waals surface area contributed by atoms with Crippen LogP contribution in [0.5, 0.6) is 5.75 Å². The highest BCUT2D eigenvalue weighted by Gasteiger charge is 2.04. The number of imidazole rings is 1. The minimum atomic E-state index is 0.178. The minimum Gasteiger partial charge on any atom is -0.492 e. The molecule has 2 heterocycles. The molecule has 1 atom stereocenters. The first-order valence-electron chi connectivity index (χ1n) is 6.98. The van der Waals surface area contributed by atoms with Crippen molar-refractivity contribution in [1.29, 1.82) is 0 Å². The van der Waals surface area contributed by atoms with E-state index in [9.17, 15) is 0 Å². The van der Waals surface area contributed by atoms with E-state index in [2.05, 4.69) is 16.9 Å². The molecule has 5 nitrogen and oxygen atoms in total. The summed E-state index contributed by atoms with van der Waals surface area (Å²) in [6, 6.07) is 4.10. The predicted octanol–water partition coefficient (Wildman–Crippen LogP) is 1.72. The Morgan fingerprint density at radius 3 is 2.80 bits per heavy atom. The Labute approximate surface area is 119 Å². The Hall–Kier alpha value is -1.88. The Balaban J connectivity index is 1.80. The summed E-state index contributed by atoms with van der Waals surface area (Å²) >= 11 is 0.